The van der Waals surface area contributed by atoms with Gasteiger partial charge in [0.05, 0.1) is 39.8 Å². The number of hydrogen-bond acceptors (Lipinski definition) is 3. The summed E-state index contributed by atoms with van der Waals surface area (Å²) in [5.74, 6) is 0.856. The van der Waals surface area contributed by atoms with Gasteiger partial charge in [0.1, 0.15) is 5.52 Å². The third-order valence-electron chi connectivity index (χ3n) is 6.96. The third-order valence-corrected chi connectivity index (χ3v) is 6.96. The molecule has 6 heteroatoms. The fourth-order valence-corrected chi connectivity index (χ4v) is 5.38. The van der Waals surface area contributed by atoms with E-state index in [0.717, 1.165) is 56.3 Å². The van der Waals surface area contributed by atoms with Crippen molar-refractivity contribution in [3.05, 3.63) is 122 Å². The van der Waals surface area contributed by atoms with E-state index in [2.05, 4.69) is 97.4 Å². The van der Waals surface area contributed by atoms with Gasteiger partial charge in [-0.1, -0.05) is 54.6 Å². The minimum atomic E-state index is 0.840. The molecule has 5 heterocycles. The van der Waals surface area contributed by atoms with Crippen molar-refractivity contribution in [3.8, 4) is 22.8 Å². The highest BCUT2D eigenvalue weighted by molar-refractivity contribution is 6.09. The topological polar surface area (TPSA) is 52.9 Å². The lowest BCUT2D eigenvalue weighted by atomic mass is 10.2. The van der Waals surface area contributed by atoms with Gasteiger partial charge in [0.15, 0.2) is 5.65 Å². The first-order valence-corrected chi connectivity index (χ1v) is 12.2. The molecule has 0 N–H and O–H groups in total. The molecule has 6 nitrogen and oxygen atoms in total. The number of aromatic nitrogens is 6. The van der Waals surface area contributed by atoms with Crippen LogP contribution in [0.2, 0.25) is 0 Å². The fraction of sp³-hybridized carbons (Fsp3) is 0. The molecule has 8 aromatic rings. The molecule has 0 atom stereocenters. The molecule has 0 bridgehead atoms. The normalized spacial score (nSPS) is 11.8. The molecule has 0 spiro atoms. The van der Waals surface area contributed by atoms with Gasteiger partial charge in [-0.15, -0.1) is 0 Å². The number of fused-ring (bicyclic) bond motifs is 7. The van der Waals surface area contributed by atoms with Crippen LogP contribution in [0.5, 0.6) is 0 Å². The minimum absolute atomic E-state index is 0.840. The highest BCUT2D eigenvalue weighted by Gasteiger charge is 2.23. The molecule has 0 saturated heterocycles. The standard InChI is InChI=1S/C31H20N6/c1-2-10-21(11-3-1)35-26-14-5-4-12-23(26)29-30(35)34-31-36(27-15-6-7-16-28(27)37(29)31)22-17-18-25(33-20-22)24-13-8-9-19-32-24/h1-20H. The first-order valence-electron chi connectivity index (χ1n) is 12.2. The number of hydrogen-bond donors (Lipinski definition) is 0. The van der Waals surface area contributed by atoms with Gasteiger partial charge in [0.2, 0.25) is 5.78 Å². The van der Waals surface area contributed by atoms with E-state index in [1.54, 1.807) is 6.20 Å². The van der Waals surface area contributed by atoms with Crippen molar-refractivity contribution in [2.75, 3.05) is 0 Å². The maximum atomic E-state index is 5.27. The van der Waals surface area contributed by atoms with Crippen LogP contribution in [0.1, 0.15) is 0 Å². The first kappa shape index (κ1) is 20.0. The van der Waals surface area contributed by atoms with E-state index in [0.29, 0.717) is 0 Å². The van der Waals surface area contributed by atoms with Crippen molar-refractivity contribution in [2.24, 2.45) is 0 Å². The summed E-state index contributed by atoms with van der Waals surface area (Å²) in [6.45, 7) is 0. The number of nitrogens with zero attached hydrogens (tertiary/aromatic N) is 6. The Morgan fingerprint density at radius 3 is 2.03 bits per heavy atom. The molecule has 0 saturated carbocycles. The van der Waals surface area contributed by atoms with Gasteiger partial charge in [-0.2, -0.15) is 4.98 Å². The summed E-state index contributed by atoms with van der Waals surface area (Å²) in [4.78, 5) is 14.5. The number of benzene rings is 3. The molecule has 174 valence electrons. The van der Waals surface area contributed by atoms with E-state index >= 15 is 0 Å². The molecule has 0 aliphatic heterocycles. The van der Waals surface area contributed by atoms with Crippen LogP contribution in [0.15, 0.2) is 122 Å². The van der Waals surface area contributed by atoms with Gasteiger partial charge in [0.25, 0.3) is 0 Å². The Labute approximate surface area is 211 Å². The summed E-state index contributed by atoms with van der Waals surface area (Å²) in [6.07, 6.45) is 3.69. The molecule has 0 aliphatic rings. The summed E-state index contributed by atoms with van der Waals surface area (Å²) in [5, 5.41) is 1.17. The summed E-state index contributed by atoms with van der Waals surface area (Å²) < 4.78 is 6.72. The molecule has 37 heavy (non-hydrogen) atoms. The lowest BCUT2D eigenvalue weighted by Crippen LogP contribution is -1.98. The lowest BCUT2D eigenvalue weighted by molar-refractivity contribution is 1.07. The van der Waals surface area contributed by atoms with Gasteiger partial charge in [-0.25, -0.2) is 0 Å². The van der Waals surface area contributed by atoms with Crippen molar-refractivity contribution in [2.45, 2.75) is 0 Å². The van der Waals surface area contributed by atoms with Gasteiger partial charge in [-0.3, -0.25) is 23.5 Å². The largest absolute Gasteiger partial charge is 0.292 e. The Balaban J connectivity index is 1.46. The van der Waals surface area contributed by atoms with Crippen LogP contribution < -0.4 is 0 Å². The van der Waals surface area contributed by atoms with E-state index in [-0.39, 0.29) is 0 Å². The number of imidazole rings is 2. The molecule has 3 aromatic carbocycles. The maximum Gasteiger partial charge on any atom is 0.222 e. The van der Waals surface area contributed by atoms with Crippen molar-refractivity contribution in [3.63, 3.8) is 0 Å². The van der Waals surface area contributed by atoms with Crippen LogP contribution in [0.25, 0.3) is 61.6 Å². The highest BCUT2D eigenvalue weighted by atomic mass is 15.2. The molecular weight excluding hydrogens is 456 g/mol. The Bertz CT molecular complexity index is 2060. The Morgan fingerprint density at radius 1 is 0.514 bits per heavy atom. The quantitative estimate of drug-likeness (QED) is 0.281. The highest BCUT2D eigenvalue weighted by Crippen LogP contribution is 2.36. The van der Waals surface area contributed by atoms with Crippen molar-refractivity contribution < 1.29 is 0 Å². The Kier molecular flexibility index (Phi) is 4.13. The van der Waals surface area contributed by atoms with Crippen LogP contribution in [0.4, 0.5) is 0 Å². The average Bonchev–Trinajstić information content (AvgIpc) is 3.59. The van der Waals surface area contributed by atoms with Gasteiger partial charge in [-0.05, 0) is 54.6 Å². The molecule has 0 amide bonds. The second-order valence-corrected chi connectivity index (χ2v) is 9.05. The SMILES string of the molecule is c1ccc(-n2c3ccccc3c3c2nc2n(-c4ccc(-c5ccccn5)nc4)c4ccccc4n32)cc1. The van der Waals surface area contributed by atoms with E-state index in [4.69, 9.17) is 9.97 Å². The van der Waals surface area contributed by atoms with Crippen LogP contribution in [-0.2, 0) is 0 Å². The molecule has 5 aromatic heterocycles. The molecule has 0 aliphatic carbocycles. The van der Waals surface area contributed by atoms with Crippen molar-refractivity contribution in [1.29, 1.82) is 0 Å². The predicted octanol–water partition coefficient (Wildman–Crippen LogP) is 6.83. The summed E-state index contributed by atoms with van der Waals surface area (Å²) in [5.41, 5.74) is 9.08. The zero-order chi connectivity index (χ0) is 24.3. The maximum absolute atomic E-state index is 5.27. The molecule has 0 radical (unpaired) electrons. The molecule has 0 unspecified atom stereocenters. The molecular formula is C31H20N6. The van der Waals surface area contributed by atoms with E-state index in [1.165, 1.54) is 5.39 Å². The second-order valence-electron chi connectivity index (χ2n) is 9.05. The van der Waals surface area contributed by atoms with Gasteiger partial charge < -0.3 is 0 Å². The monoisotopic (exact) mass is 476 g/mol. The van der Waals surface area contributed by atoms with Crippen LogP contribution >= 0.6 is 0 Å². The van der Waals surface area contributed by atoms with Gasteiger partial charge in [0, 0.05) is 17.3 Å². The summed E-state index contributed by atoms with van der Waals surface area (Å²) >= 11 is 0. The Morgan fingerprint density at radius 2 is 1.24 bits per heavy atom. The minimum Gasteiger partial charge on any atom is -0.292 e. The van der Waals surface area contributed by atoms with Crippen molar-refractivity contribution in [1.82, 2.24) is 28.5 Å². The van der Waals surface area contributed by atoms with Crippen LogP contribution in [0.3, 0.4) is 0 Å². The van der Waals surface area contributed by atoms with Crippen molar-refractivity contribution >= 4 is 38.9 Å². The first-order chi connectivity index (χ1) is 18.4. The lowest BCUT2D eigenvalue weighted by Gasteiger charge is -2.07. The van der Waals surface area contributed by atoms with Crippen LogP contribution in [-0.4, -0.2) is 28.5 Å². The number of para-hydroxylation sites is 4. The predicted molar refractivity (Wildman–Crippen MR) is 147 cm³/mol. The third kappa shape index (κ3) is 2.84. The smallest absolute Gasteiger partial charge is 0.222 e. The van der Waals surface area contributed by atoms with E-state index < -0.39 is 0 Å². The zero-order valence-electron chi connectivity index (χ0n) is 19.7. The number of rotatable bonds is 3. The molecule has 8 rings (SSSR count). The zero-order valence-corrected chi connectivity index (χ0v) is 19.7. The van der Waals surface area contributed by atoms with E-state index in [1.807, 2.05) is 36.5 Å². The Hall–Kier alpha value is -5.23. The van der Waals surface area contributed by atoms with Gasteiger partial charge >= 0.3 is 0 Å². The van der Waals surface area contributed by atoms with E-state index in [9.17, 15) is 0 Å². The summed E-state index contributed by atoms with van der Waals surface area (Å²) in [7, 11) is 0. The molecule has 0 fully saturated rings. The second kappa shape index (κ2) is 7.63. The average molecular weight is 477 g/mol. The van der Waals surface area contributed by atoms with Crippen LogP contribution in [0, 0.1) is 0 Å². The number of pyridine rings is 2. The fourth-order valence-electron chi connectivity index (χ4n) is 5.38. The summed E-state index contributed by atoms with van der Waals surface area (Å²) in [6, 6.07) is 37.4.